The van der Waals surface area contributed by atoms with Gasteiger partial charge in [-0.05, 0) is 29.8 Å². The molecule has 0 aromatic heterocycles. The summed E-state index contributed by atoms with van der Waals surface area (Å²) in [5, 5.41) is 25.8. The van der Waals surface area contributed by atoms with Crippen molar-refractivity contribution in [1.82, 2.24) is 5.43 Å². The standard InChI is InChI=1S/C15H12BrN3O5/c16-11-1-4-13(5-2-11)24-9-15(21)18-17-8-10-7-12(19(22)23)3-6-14(10)20/h1-8,20H,9H2,(H,18,21)/p-1/b17-8-. The number of hydrazone groups is 1. The number of carbonyl (C=O) groups excluding carboxylic acids is 1. The van der Waals surface area contributed by atoms with Gasteiger partial charge >= 0.3 is 0 Å². The molecule has 0 spiro atoms. The third-order valence-electron chi connectivity index (χ3n) is 2.78. The van der Waals surface area contributed by atoms with E-state index < -0.39 is 16.6 Å². The van der Waals surface area contributed by atoms with Gasteiger partial charge in [0.1, 0.15) is 5.75 Å². The molecule has 0 saturated carbocycles. The lowest BCUT2D eigenvalue weighted by Crippen LogP contribution is -2.24. The molecule has 0 bridgehead atoms. The summed E-state index contributed by atoms with van der Waals surface area (Å²) in [5.41, 5.74) is 1.94. The van der Waals surface area contributed by atoms with Gasteiger partial charge in [0, 0.05) is 16.6 Å². The molecule has 2 aromatic rings. The summed E-state index contributed by atoms with van der Waals surface area (Å²) < 4.78 is 6.13. The van der Waals surface area contributed by atoms with Crippen LogP contribution >= 0.6 is 15.9 Å². The van der Waals surface area contributed by atoms with Gasteiger partial charge in [-0.25, -0.2) is 5.43 Å². The summed E-state index contributed by atoms with van der Waals surface area (Å²) in [6.07, 6.45) is 1.05. The number of nitrogens with zero attached hydrogens (tertiary/aromatic N) is 2. The van der Waals surface area contributed by atoms with E-state index in [1.54, 1.807) is 24.3 Å². The maximum absolute atomic E-state index is 11.6. The van der Waals surface area contributed by atoms with Crippen molar-refractivity contribution in [2.24, 2.45) is 5.10 Å². The minimum absolute atomic E-state index is 0.00155. The van der Waals surface area contributed by atoms with Crippen molar-refractivity contribution in [3.05, 3.63) is 62.6 Å². The number of nitro benzene ring substituents is 1. The highest BCUT2D eigenvalue weighted by atomic mass is 79.9. The molecular weight excluding hydrogens is 382 g/mol. The Balaban J connectivity index is 1.89. The predicted molar refractivity (Wildman–Crippen MR) is 87.9 cm³/mol. The highest BCUT2D eigenvalue weighted by Gasteiger charge is 2.06. The Kier molecular flexibility index (Phi) is 5.85. The molecule has 0 fully saturated rings. The molecule has 1 N–H and O–H groups in total. The van der Waals surface area contributed by atoms with Crippen molar-refractivity contribution >= 4 is 33.7 Å². The number of halogens is 1. The number of ether oxygens (including phenoxy) is 1. The zero-order valence-corrected chi connectivity index (χ0v) is 13.7. The molecule has 9 heteroatoms. The molecule has 8 nitrogen and oxygen atoms in total. The Morgan fingerprint density at radius 3 is 2.67 bits per heavy atom. The summed E-state index contributed by atoms with van der Waals surface area (Å²) in [7, 11) is 0. The fourth-order valence-corrected chi connectivity index (χ4v) is 1.90. The molecule has 0 aliphatic rings. The second kappa shape index (κ2) is 8.06. The number of nitrogens with one attached hydrogen (secondary N) is 1. The second-order valence-electron chi connectivity index (χ2n) is 4.52. The molecule has 0 atom stereocenters. The number of nitro groups is 1. The van der Waals surface area contributed by atoms with Crippen molar-refractivity contribution < 1.29 is 19.6 Å². The van der Waals surface area contributed by atoms with Crippen LogP contribution in [0.5, 0.6) is 11.5 Å². The zero-order chi connectivity index (χ0) is 17.5. The lowest BCUT2D eigenvalue weighted by atomic mass is 10.2. The first kappa shape index (κ1) is 17.4. The van der Waals surface area contributed by atoms with Crippen LogP contribution in [0.3, 0.4) is 0 Å². The first-order valence-corrected chi connectivity index (χ1v) is 7.41. The van der Waals surface area contributed by atoms with E-state index in [0.717, 1.165) is 28.9 Å². The number of benzene rings is 2. The van der Waals surface area contributed by atoms with Crippen LogP contribution in [0.1, 0.15) is 5.56 Å². The van der Waals surface area contributed by atoms with E-state index in [9.17, 15) is 20.0 Å². The van der Waals surface area contributed by atoms with Crippen molar-refractivity contribution in [2.75, 3.05) is 6.61 Å². The molecule has 2 rings (SSSR count). The lowest BCUT2D eigenvalue weighted by molar-refractivity contribution is -0.385. The number of non-ortho nitro benzene ring substituents is 1. The summed E-state index contributed by atoms with van der Waals surface area (Å²) >= 11 is 3.28. The number of hydrogen-bond donors (Lipinski definition) is 1. The average Bonchev–Trinajstić information content (AvgIpc) is 2.56. The Bertz CT molecular complexity index is 777. The first-order chi connectivity index (χ1) is 11.5. The molecule has 1 amide bonds. The fourth-order valence-electron chi connectivity index (χ4n) is 1.64. The van der Waals surface area contributed by atoms with Crippen molar-refractivity contribution in [2.45, 2.75) is 0 Å². The van der Waals surface area contributed by atoms with E-state index in [4.69, 9.17) is 4.74 Å². The maximum atomic E-state index is 11.6. The van der Waals surface area contributed by atoms with Gasteiger partial charge in [-0.3, -0.25) is 14.9 Å². The molecular formula is C15H11BrN3O5-. The molecule has 0 unspecified atom stereocenters. The first-order valence-electron chi connectivity index (χ1n) is 6.61. The molecule has 0 saturated heterocycles. The van der Waals surface area contributed by atoms with Gasteiger partial charge in [-0.2, -0.15) is 5.10 Å². The predicted octanol–water partition coefficient (Wildman–Crippen LogP) is 1.96. The topological polar surface area (TPSA) is 117 Å². The Morgan fingerprint density at radius 1 is 1.29 bits per heavy atom. The van der Waals surface area contributed by atoms with Crippen LogP contribution in [0.25, 0.3) is 0 Å². The minimum atomic E-state index is -0.624. The summed E-state index contributed by atoms with van der Waals surface area (Å²) in [4.78, 5) is 21.6. The largest absolute Gasteiger partial charge is 0.872 e. The highest BCUT2D eigenvalue weighted by molar-refractivity contribution is 9.10. The Labute approximate surface area is 145 Å². The van der Waals surface area contributed by atoms with Crippen LogP contribution in [0.4, 0.5) is 5.69 Å². The smallest absolute Gasteiger partial charge is 0.277 e. The third-order valence-corrected chi connectivity index (χ3v) is 3.31. The number of hydrogen-bond acceptors (Lipinski definition) is 6. The van der Waals surface area contributed by atoms with Gasteiger partial charge in [0.25, 0.3) is 11.6 Å². The SMILES string of the molecule is O=C(COc1ccc(Br)cc1)N/N=C\c1cc([N+](=O)[O-])ccc1[O-]. The number of amides is 1. The van der Waals surface area contributed by atoms with E-state index in [-0.39, 0.29) is 17.9 Å². The van der Waals surface area contributed by atoms with Crippen LogP contribution < -0.4 is 15.3 Å². The van der Waals surface area contributed by atoms with Gasteiger partial charge < -0.3 is 9.84 Å². The average molecular weight is 393 g/mol. The molecule has 2 aromatic carbocycles. The van der Waals surface area contributed by atoms with E-state index in [1.165, 1.54) is 0 Å². The summed E-state index contributed by atoms with van der Waals surface area (Å²) in [6.45, 7) is -0.266. The minimum Gasteiger partial charge on any atom is -0.872 e. The third kappa shape index (κ3) is 5.06. The summed E-state index contributed by atoms with van der Waals surface area (Å²) in [6, 6.07) is 10.2. The molecule has 0 radical (unpaired) electrons. The van der Waals surface area contributed by atoms with Gasteiger partial charge in [-0.15, -0.1) is 0 Å². The van der Waals surface area contributed by atoms with Gasteiger partial charge in [0.2, 0.25) is 0 Å². The molecule has 24 heavy (non-hydrogen) atoms. The molecule has 124 valence electrons. The van der Waals surface area contributed by atoms with Gasteiger partial charge in [0.05, 0.1) is 11.1 Å². The van der Waals surface area contributed by atoms with Crippen LogP contribution in [-0.2, 0) is 4.79 Å². The van der Waals surface area contributed by atoms with Crippen LogP contribution in [0.15, 0.2) is 52.0 Å². The Morgan fingerprint density at radius 2 is 2.00 bits per heavy atom. The summed E-state index contributed by atoms with van der Waals surface area (Å²) in [5.74, 6) is -0.463. The molecule has 0 aliphatic heterocycles. The highest BCUT2D eigenvalue weighted by Crippen LogP contribution is 2.19. The van der Waals surface area contributed by atoms with Crippen molar-refractivity contribution in [3.63, 3.8) is 0 Å². The van der Waals surface area contributed by atoms with Crippen molar-refractivity contribution in [1.29, 1.82) is 0 Å². The van der Waals surface area contributed by atoms with Gasteiger partial charge in [-0.1, -0.05) is 27.7 Å². The van der Waals surface area contributed by atoms with Crippen LogP contribution in [0, 0.1) is 10.1 Å². The monoisotopic (exact) mass is 392 g/mol. The molecule has 0 heterocycles. The quantitative estimate of drug-likeness (QED) is 0.458. The van der Waals surface area contributed by atoms with Crippen molar-refractivity contribution in [3.8, 4) is 11.5 Å². The van der Waals surface area contributed by atoms with Crippen LogP contribution in [0.2, 0.25) is 0 Å². The van der Waals surface area contributed by atoms with E-state index >= 15 is 0 Å². The zero-order valence-electron chi connectivity index (χ0n) is 12.1. The maximum Gasteiger partial charge on any atom is 0.277 e. The van der Waals surface area contributed by atoms with E-state index in [0.29, 0.717) is 5.75 Å². The van der Waals surface area contributed by atoms with E-state index in [1.807, 2.05) is 0 Å². The van der Waals surface area contributed by atoms with E-state index in [2.05, 4.69) is 26.5 Å². The Hall–Kier alpha value is -2.94. The molecule has 0 aliphatic carbocycles. The van der Waals surface area contributed by atoms with Crippen LogP contribution in [-0.4, -0.2) is 23.7 Å². The fraction of sp³-hybridized carbons (Fsp3) is 0.0667. The lowest BCUT2D eigenvalue weighted by Gasteiger charge is -2.08. The van der Waals surface area contributed by atoms with Gasteiger partial charge in [0.15, 0.2) is 6.61 Å². The number of carbonyl (C=O) groups is 1. The normalized spacial score (nSPS) is 10.5. The second-order valence-corrected chi connectivity index (χ2v) is 5.43. The number of rotatable bonds is 6.